The van der Waals surface area contributed by atoms with Gasteiger partial charge < -0.3 is 20.7 Å². The summed E-state index contributed by atoms with van der Waals surface area (Å²) in [6.07, 6.45) is 2.90. The Morgan fingerprint density at radius 1 is 1.23 bits per heavy atom. The number of carbonyl (C=O) groups excluding carboxylic acids is 1. The third-order valence-corrected chi connectivity index (χ3v) is 5.33. The lowest BCUT2D eigenvalue weighted by atomic mass is 9.94. The molecule has 0 aromatic rings. The highest BCUT2D eigenvalue weighted by atomic mass is 19.4. The molecule has 1 amide bonds. The smallest absolute Gasteiger partial charge is 0.382 e. The molecule has 2 rings (SSSR count). The lowest BCUT2D eigenvalue weighted by Crippen LogP contribution is -2.41. The van der Waals surface area contributed by atoms with E-state index in [1.54, 1.807) is 6.92 Å². The van der Waals surface area contributed by atoms with E-state index >= 15 is 0 Å². The minimum atomic E-state index is -4.40. The van der Waals surface area contributed by atoms with Gasteiger partial charge in [-0.2, -0.15) is 17.6 Å². The summed E-state index contributed by atoms with van der Waals surface area (Å²) in [5.74, 6) is -0.288. The summed E-state index contributed by atoms with van der Waals surface area (Å²) >= 11 is 0. The van der Waals surface area contributed by atoms with Crippen LogP contribution in [0.3, 0.4) is 0 Å². The van der Waals surface area contributed by atoms with E-state index in [1.165, 1.54) is 13.2 Å². The lowest BCUT2D eigenvalue weighted by Gasteiger charge is -2.23. The SMILES string of the molecule is C/C=C(\NCC(F)(F)F)C(COC)N/C=C(/NC(=O)CC(C1CC1)C1CC1)C(=N)F. The number of nitrogens with one attached hydrogen (secondary N) is 4. The quantitative estimate of drug-likeness (QED) is 0.264. The number of methoxy groups -OCH3 is 1. The summed E-state index contributed by atoms with van der Waals surface area (Å²) in [5, 5.41) is 14.7. The summed E-state index contributed by atoms with van der Waals surface area (Å²) in [6.45, 7) is 0.320. The third kappa shape index (κ3) is 8.33. The van der Waals surface area contributed by atoms with Gasteiger partial charge in [-0.1, -0.05) is 6.08 Å². The minimum absolute atomic E-state index is 0.00664. The van der Waals surface area contributed by atoms with Gasteiger partial charge in [0, 0.05) is 25.4 Å². The topological polar surface area (TPSA) is 86.2 Å². The molecule has 0 aliphatic heterocycles. The Labute approximate surface area is 174 Å². The summed E-state index contributed by atoms with van der Waals surface area (Å²) < 4.78 is 56.2. The molecule has 2 aliphatic rings. The Hall–Kier alpha value is -2.10. The minimum Gasteiger partial charge on any atom is -0.382 e. The monoisotopic (exact) mass is 434 g/mol. The zero-order valence-corrected chi connectivity index (χ0v) is 17.2. The van der Waals surface area contributed by atoms with Crippen molar-refractivity contribution in [1.82, 2.24) is 16.0 Å². The van der Waals surface area contributed by atoms with E-state index in [-0.39, 0.29) is 30.3 Å². The fourth-order valence-corrected chi connectivity index (χ4v) is 3.54. The van der Waals surface area contributed by atoms with E-state index in [2.05, 4.69) is 16.0 Å². The van der Waals surface area contributed by atoms with Crippen molar-refractivity contribution < 1.29 is 27.1 Å². The maximum absolute atomic E-state index is 13.7. The van der Waals surface area contributed by atoms with Gasteiger partial charge in [-0.25, -0.2) is 0 Å². The maximum atomic E-state index is 13.7. The largest absolute Gasteiger partial charge is 0.405 e. The first-order valence-electron chi connectivity index (χ1n) is 10.1. The molecule has 2 saturated carbocycles. The number of rotatable bonds is 13. The number of amides is 1. The van der Waals surface area contributed by atoms with E-state index in [0.29, 0.717) is 17.8 Å². The van der Waals surface area contributed by atoms with Gasteiger partial charge in [-0.05, 0) is 50.4 Å². The zero-order valence-electron chi connectivity index (χ0n) is 17.2. The van der Waals surface area contributed by atoms with Gasteiger partial charge in [0.15, 0.2) is 0 Å². The molecule has 2 aliphatic carbocycles. The van der Waals surface area contributed by atoms with Crippen LogP contribution in [-0.2, 0) is 9.53 Å². The van der Waals surface area contributed by atoms with Gasteiger partial charge in [0.2, 0.25) is 11.9 Å². The van der Waals surface area contributed by atoms with Crippen LogP contribution in [0.4, 0.5) is 17.6 Å². The predicted molar refractivity (Wildman–Crippen MR) is 105 cm³/mol. The number of allylic oxidation sites excluding steroid dienone is 2. The molecule has 0 aromatic carbocycles. The molecule has 2 fully saturated rings. The van der Waals surface area contributed by atoms with Crippen LogP contribution in [0.5, 0.6) is 0 Å². The first-order chi connectivity index (χ1) is 14.1. The Balaban J connectivity index is 1.98. The molecule has 1 unspecified atom stereocenters. The summed E-state index contributed by atoms with van der Waals surface area (Å²) in [7, 11) is 1.38. The average molecular weight is 434 g/mol. The normalized spacial score (nSPS) is 18.9. The maximum Gasteiger partial charge on any atom is 0.405 e. The van der Waals surface area contributed by atoms with Crippen molar-refractivity contribution >= 4 is 11.9 Å². The van der Waals surface area contributed by atoms with Gasteiger partial charge in [0.1, 0.15) is 12.2 Å². The first kappa shape index (κ1) is 24.2. The van der Waals surface area contributed by atoms with E-state index in [0.717, 1.165) is 31.9 Å². The van der Waals surface area contributed by atoms with E-state index in [1.807, 2.05) is 0 Å². The molecule has 10 heteroatoms. The molecule has 4 N–H and O–H groups in total. The average Bonchev–Trinajstić information content (AvgIpc) is 3.55. The number of hydrogen-bond donors (Lipinski definition) is 4. The van der Waals surface area contributed by atoms with Gasteiger partial charge in [0.05, 0.1) is 12.6 Å². The second kappa shape index (κ2) is 10.8. The van der Waals surface area contributed by atoms with Crippen LogP contribution in [0.15, 0.2) is 23.7 Å². The van der Waals surface area contributed by atoms with Crippen LogP contribution in [0, 0.1) is 23.2 Å². The molecule has 170 valence electrons. The first-order valence-corrected chi connectivity index (χ1v) is 10.1. The van der Waals surface area contributed by atoms with Crippen molar-refractivity contribution in [1.29, 1.82) is 5.41 Å². The molecule has 0 radical (unpaired) electrons. The highest BCUT2D eigenvalue weighted by Gasteiger charge is 2.42. The molecule has 0 saturated heterocycles. The Morgan fingerprint density at radius 2 is 1.83 bits per heavy atom. The molecule has 0 bridgehead atoms. The van der Waals surface area contributed by atoms with Gasteiger partial charge in [-0.3, -0.25) is 10.2 Å². The predicted octanol–water partition coefficient (Wildman–Crippen LogP) is 3.38. The summed E-state index contributed by atoms with van der Waals surface area (Å²) in [4.78, 5) is 12.4. The molecule has 1 atom stereocenters. The van der Waals surface area contributed by atoms with Crippen LogP contribution in [-0.4, -0.2) is 44.4 Å². The molecule has 30 heavy (non-hydrogen) atoms. The van der Waals surface area contributed by atoms with Crippen molar-refractivity contribution in [3.05, 3.63) is 23.7 Å². The van der Waals surface area contributed by atoms with Crippen LogP contribution in [0.2, 0.25) is 0 Å². The van der Waals surface area contributed by atoms with Crippen molar-refractivity contribution in [3.8, 4) is 0 Å². The fourth-order valence-electron chi connectivity index (χ4n) is 3.54. The highest BCUT2D eigenvalue weighted by Crippen LogP contribution is 2.50. The summed E-state index contributed by atoms with van der Waals surface area (Å²) in [6, 6.07) is -0.751. The zero-order chi connectivity index (χ0) is 22.3. The lowest BCUT2D eigenvalue weighted by molar-refractivity contribution is -0.124. The van der Waals surface area contributed by atoms with Gasteiger partial charge >= 0.3 is 6.18 Å². The molecular weight excluding hydrogens is 404 g/mol. The number of ether oxygens (including phenoxy) is 1. The van der Waals surface area contributed by atoms with Crippen LogP contribution >= 0.6 is 0 Å². The van der Waals surface area contributed by atoms with Crippen molar-refractivity contribution in [3.63, 3.8) is 0 Å². The number of halogens is 4. The number of hydrogen-bond acceptors (Lipinski definition) is 5. The third-order valence-electron chi connectivity index (χ3n) is 5.33. The molecule has 6 nitrogen and oxygen atoms in total. The van der Waals surface area contributed by atoms with Crippen molar-refractivity contribution in [2.24, 2.45) is 17.8 Å². The number of carbonyl (C=O) groups is 1. The Morgan fingerprint density at radius 3 is 2.27 bits per heavy atom. The van der Waals surface area contributed by atoms with E-state index < -0.39 is 24.7 Å². The number of alkyl halides is 3. The Kier molecular flexibility index (Phi) is 8.69. The molecule has 0 spiro atoms. The second-order valence-electron chi connectivity index (χ2n) is 7.85. The fraction of sp³-hybridized carbons (Fsp3) is 0.700. The van der Waals surface area contributed by atoms with E-state index in [9.17, 15) is 22.4 Å². The van der Waals surface area contributed by atoms with E-state index in [4.69, 9.17) is 10.1 Å². The second-order valence-corrected chi connectivity index (χ2v) is 7.85. The van der Waals surface area contributed by atoms with Gasteiger partial charge in [0.25, 0.3) is 0 Å². The van der Waals surface area contributed by atoms with Crippen LogP contribution in [0.25, 0.3) is 0 Å². The highest BCUT2D eigenvalue weighted by molar-refractivity contribution is 5.94. The standard InChI is InChI=1S/C20H30F4N4O2/c1-3-15(27-11-20(22,23)24)17(10-30-2)26-9-16(19(21)25)28-18(29)8-14(12-4-5-12)13-6-7-13/h3,9,12-14,17,25-27H,4-8,10-11H2,1-2H3,(H,28,29)/b15-3-,16-9+,25-19?. The van der Waals surface area contributed by atoms with Crippen molar-refractivity contribution in [2.75, 3.05) is 20.3 Å². The van der Waals surface area contributed by atoms with Crippen molar-refractivity contribution in [2.45, 2.75) is 51.2 Å². The summed E-state index contributed by atoms with van der Waals surface area (Å²) in [5.41, 5.74) is -0.165. The Bertz CT molecular complexity index is 658. The molecule has 0 heterocycles. The van der Waals surface area contributed by atoms with Crippen LogP contribution < -0.4 is 16.0 Å². The molecular formula is C20H30F4N4O2. The van der Waals surface area contributed by atoms with Crippen LogP contribution in [0.1, 0.15) is 39.0 Å². The molecule has 0 aromatic heterocycles. The van der Waals surface area contributed by atoms with Gasteiger partial charge in [-0.15, -0.1) is 0 Å².